The maximum atomic E-state index is 12.7. The molecule has 1 fully saturated rings. The first-order valence-electron chi connectivity index (χ1n) is 8.16. The van der Waals surface area contributed by atoms with Crippen molar-refractivity contribution in [2.45, 2.75) is 26.8 Å². The average Bonchev–Trinajstić information content (AvgIpc) is 2.96. The highest BCUT2D eigenvalue weighted by Gasteiger charge is 2.28. The number of carbonyl (C=O) groups is 1. The lowest BCUT2D eigenvalue weighted by atomic mass is 10.1. The number of aromatic nitrogens is 2. The molecule has 6 heteroatoms. The number of hydrogen-bond donors (Lipinski definition) is 1. The summed E-state index contributed by atoms with van der Waals surface area (Å²) >= 11 is 0. The van der Waals surface area contributed by atoms with Crippen molar-refractivity contribution < 1.29 is 14.2 Å². The summed E-state index contributed by atoms with van der Waals surface area (Å²) in [5.74, 6) is 0.682. The Hall–Kier alpha value is -2.21. The first-order valence-corrected chi connectivity index (χ1v) is 8.16. The number of aryl methyl sites for hydroxylation is 2. The van der Waals surface area contributed by atoms with Crippen molar-refractivity contribution in [3.05, 3.63) is 47.1 Å². The van der Waals surface area contributed by atoms with Gasteiger partial charge in [0.05, 0.1) is 31.9 Å². The van der Waals surface area contributed by atoms with E-state index in [-0.39, 0.29) is 5.91 Å². The number of amides is 1. The molecule has 0 aromatic carbocycles. The minimum absolute atomic E-state index is 0.0589. The van der Waals surface area contributed by atoms with Crippen LogP contribution in [0.15, 0.2) is 29.0 Å². The first kappa shape index (κ1) is 15.7. The standard InChI is InChI=1S/C17H22N4O2/c1-3-15-16(13(2)23-19-15)17(22)21-10-8-20(9-11-21)12-14-4-6-18-7-5-14/h4-7H,3,8-12H2,1-2H3/p+1. The molecule has 0 unspecified atom stereocenters. The van der Waals surface area contributed by atoms with E-state index in [2.05, 4.69) is 22.3 Å². The Morgan fingerprint density at radius 2 is 2.00 bits per heavy atom. The molecular formula is C17H23N4O2+. The van der Waals surface area contributed by atoms with Gasteiger partial charge in [0.1, 0.15) is 17.9 Å². The number of nitrogens with one attached hydrogen (secondary N) is 1. The van der Waals surface area contributed by atoms with Gasteiger partial charge in [-0.2, -0.15) is 0 Å². The van der Waals surface area contributed by atoms with Crippen molar-refractivity contribution in [2.75, 3.05) is 26.2 Å². The van der Waals surface area contributed by atoms with Gasteiger partial charge in [-0.1, -0.05) is 12.1 Å². The fourth-order valence-corrected chi connectivity index (χ4v) is 3.08. The van der Waals surface area contributed by atoms with Crippen molar-refractivity contribution in [3.8, 4) is 0 Å². The van der Waals surface area contributed by atoms with Crippen LogP contribution in [0.1, 0.15) is 34.3 Å². The van der Waals surface area contributed by atoms with Crippen LogP contribution in [0.4, 0.5) is 0 Å². The fourth-order valence-electron chi connectivity index (χ4n) is 3.08. The zero-order valence-electron chi connectivity index (χ0n) is 13.7. The van der Waals surface area contributed by atoms with Gasteiger partial charge in [0.25, 0.3) is 5.91 Å². The van der Waals surface area contributed by atoms with Gasteiger partial charge in [-0.3, -0.25) is 9.78 Å². The van der Waals surface area contributed by atoms with E-state index in [9.17, 15) is 4.79 Å². The summed E-state index contributed by atoms with van der Waals surface area (Å²) in [5, 5.41) is 3.99. The Morgan fingerprint density at radius 3 is 2.65 bits per heavy atom. The normalized spacial score (nSPS) is 15.8. The van der Waals surface area contributed by atoms with E-state index in [0.29, 0.717) is 17.7 Å². The smallest absolute Gasteiger partial charge is 0.259 e. The molecule has 1 saturated heterocycles. The van der Waals surface area contributed by atoms with Gasteiger partial charge in [0.15, 0.2) is 0 Å². The Morgan fingerprint density at radius 1 is 1.30 bits per heavy atom. The van der Waals surface area contributed by atoms with Crippen LogP contribution in [0.5, 0.6) is 0 Å². The monoisotopic (exact) mass is 315 g/mol. The molecule has 23 heavy (non-hydrogen) atoms. The topological polar surface area (TPSA) is 63.7 Å². The molecule has 0 aliphatic carbocycles. The predicted octanol–water partition coefficient (Wildman–Crippen LogP) is 0.481. The SMILES string of the molecule is CCc1noc(C)c1C(=O)N1CC[NH+](Cc2ccncc2)CC1. The van der Waals surface area contributed by atoms with Crippen LogP contribution in [-0.4, -0.2) is 47.1 Å². The number of hydrogen-bond acceptors (Lipinski definition) is 4. The minimum atomic E-state index is 0.0589. The molecule has 6 nitrogen and oxygen atoms in total. The number of carbonyl (C=O) groups excluding carboxylic acids is 1. The fraction of sp³-hybridized carbons (Fsp3) is 0.471. The van der Waals surface area contributed by atoms with Crippen LogP contribution >= 0.6 is 0 Å². The maximum absolute atomic E-state index is 12.7. The highest BCUT2D eigenvalue weighted by atomic mass is 16.5. The van der Waals surface area contributed by atoms with Crippen LogP contribution in [0.3, 0.4) is 0 Å². The van der Waals surface area contributed by atoms with Crippen molar-refractivity contribution in [1.29, 1.82) is 0 Å². The quantitative estimate of drug-likeness (QED) is 0.891. The molecule has 1 amide bonds. The van der Waals surface area contributed by atoms with E-state index in [1.165, 1.54) is 10.5 Å². The van der Waals surface area contributed by atoms with Crippen LogP contribution in [-0.2, 0) is 13.0 Å². The molecule has 0 radical (unpaired) electrons. The lowest BCUT2D eigenvalue weighted by molar-refractivity contribution is -0.917. The molecule has 1 aliphatic rings. The van der Waals surface area contributed by atoms with E-state index < -0.39 is 0 Å². The molecule has 2 aromatic heterocycles. The number of piperazine rings is 1. The molecular weight excluding hydrogens is 292 g/mol. The molecule has 3 rings (SSSR count). The van der Waals surface area contributed by atoms with Gasteiger partial charge in [0.2, 0.25) is 0 Å². The third kappa shape index (κ3) is 3.42. The summed E-state index contributed by atoms with van der Waals surface area (Å²) in [6.07, 6.45) is 4.37. The van der Waals surface area contributed by atoms with Crippen molar-refractivity contribution in [3.63, 3.8) is 0 Å². The largest absolute Gasteiger partial charge is 0.361 e. The van der Waals surface area contributed by atoms with Crippen LogP contribution < -0.4 is 4.90 Å². The summed E-state index contributed by atoms with van der Waals surface area (Å²) in [5.41, 5.74) is 2.71. The first-order chi connectivity index (χ1) is 11.2. The molecule has 0 bridgehead atoms. The third-order valence-electron chi connectivity index (χ3n) is 4.44. The van der Waals surface area contributed by atoms with E-state index in [1.807, 2.05) is 31.1 Å². The third-order valence-corrected chi connectivity index (χ3v) is 4.44. The maximum Gasteiger partial charge on any atom is 0.259 e. The Balaban J connectivity index is 1.60. The van der Waals surface area contributed by atoms with Gasteiger partial charge in [0, 0.05) is 18.0 Å². The lowest BCUT2D eigenvalue weighted by Crippen LogP contribution is -3.13. The molecule has 0 atom stereocenters. The Labute approximate surface area is 136 Å². The van der Waals surface area contributed by atoms with E-state index >= 15 is 0 Å². The molecule has 1 N–H and O–H groups in total. The van der Waals surface area contributed by atoms with Gasteiger partial charge in [-0.15, -0.1) is 0 Å². The van der Waals surface area contributed by atoms with Gasteiger partial charge in [-0.05, 0) is 25.5 Å². The summed E-state index contributed by atoms with van der Waals surface area (Å²) in [6.45, 7) is 8.24. The summed E-state index contributed by atoms with van der Waals surface area (Å²) in [6, 6.07) is 4.11. The van der Waals surface area contributed by atoms with Gasteiger partial charge < -0.3 is 14.3 Å². The highest BCUT2D eigenvalue weighted by Crippen LogP contribution is 2.16. The van der Waals surface area contributed by atoms with E-state index in [4.69, 9.17) is 4.52 Å². The van der Waals surface area contributed by atoms with Crippen molar-refractivity contribution >= 4 is 5.91 Å². The second-order valence-electron chi connectivity index (χ2n) is 5.99. The Kier molecular flexibility index (Phi) is 4.71. The number of nitrogens with zero attached hydrogens (tertiary/aromatic N) is 3. The van der Waals surface area contributed by atoms with Gasteiger partial charge >= 0.3 is 0 Å². The number of quaternary nitrogens is 1. The second-order valence-corrected chi connectivity index (χ2v) is 5.99. The number of pyridine rings is 1. The zero-order chi connectivity index (χ0) is 16.2. The number of rotatable bonds is 4. The van der Waals surface area contributed by atoms with E-state index in [0.717, 1.165) is 38.4 Å². The molecule has 122 valence electrons. The van der Waals surface area contributed by atoms with Crippen LogP contribution in [0.25, 0.3) is 0 Å². The molecule has 0 saturated carbocycles. The molecule has 2 aromatic rings. The predicted molar refractivity (Wildman–Crippen MR) is 85.2 cm³/mol. The average molecular weight is 315 g/mol. The van der Waals surface area contributed by atoms with Crippen LogP contribution in [0, 0.1) is 6.92 Å². The summed E-state index contributed by atoms with van der Waals surface area (Å²) in [4.78, 5) is 20.2. The second kappa shape index (κ2) is 6.91. The zero-order valence-corrected chi connectivity index (χ0v) is 13.7. The summed E-state index contributed by atoms with van der Waals surface area (Å²) < 4.78 is 5.19. The van der Waals surface area contributed by atoms with Crippen LogP contribution in [0.2, 0.25) is 0 Å². The van der Waals surface area contributed by atoms with E-state index in [1.54, 1.807) is 0 Å². The van der Waals surface area contributed by atoms with Gasteiger partial charge in [-0.25, -0.2) is 0 Å². The van der Waals surface area contributed by atoms with Crippen molar-refractivity contribution in [2.24, 2.45) is 0 Å². The molecule has 3 heterocycles. The van der Waals surface area contributed by atoms with Crippen molar-refractivity contribution in [1.82, 2.24) is 15.0 Å². The Bertz CT molecular complexity index is 660. The molecule has 0 spiro atoms. The highest BCUT2D eigenvalue weighted by molar-refractivity contribution is 5.96. The minimum Gasteiger partial charge on any atom is -0.361 e. The summed E-state index contributed by atoms with van der Waals surface area (Å²) in [7, 11) is 0. The molecule has 1 aliphatic heterocycles. The lowest BCUT2D eigenvalue weighted by Gasteiger charge is -2.32.